The van der Waals surface area contributed by atoms with Gasteiger partial charge in [-0.25, -0.2) is 0 Å². The maximum absolute atomic E-state index is 6.88. The number of fused-ring (bicyclic) bond motifs is 8. The van der Waals surface area contributed by atoms with Gasteiger partial charge in [-0.1, -0.05) is 115 Å². The average Bonchev–Trinajstić information content (AvgIpc) is 3.88. The van der Waals surface area contributed by atoms with Crippen LogP contribution in [-0.4, -0.2) is 4.57 Å². The molecule has 6 aliphatic carbocycles. The van der Waals surface area contributed by atoms with E-state index in [1.807, 2.05) is 6.07 Å². The highest BCUT2D eigenvalue weighted by Crippen LogP contribution is 2.69. The maximum atomic E-state index is 6.88. The number of benzene rings is 8. The number of nitrogens with zero attached hydrogens (tertiary/aromatic N) is 2. The monoisotopic (exact) mass is 878 g/mol. The third kappa shape index (κ3) is 5.67. The Morgan fingerprint density at radius 2 is 1.07 bits per heavy atom. The number of aromatic nitrogens is 1. The summed E-state index contributed by atoms with van der Waals surface area (Å²) in [4.78, 5) is 2.32. The van der Waals surface area contributed by atoms with E-state index in [9.17, 15) is 0 Å². The van der Waals surface area contributed by atoms with Crippen molar-refractivity contribution in [1.29, 1.82) is 0 Å². The Hall–Kier alpha value is -7.56. The van der Waals surface area contributed by atoms with Gasteiger partial charge in [-0.2, -0.15) is 0 Å². The first-order chi connectivity index (χ1) is 33.6. The van der Waals surface area contributed by atoms with Crippen LogP contribution >= 0.6 is 0 Å². The van der Waals surface area contributed by atoms with Crippen molar-refractivity contribution in [3.63, 3.8) is 0 Å². The van der Waals surface area contributed by atoms with E-state index in [1.165, 1.54) is 82.1 Å². The van der Waals surface area contributed by atoms with Crippen molar-refractivity contribution in [3.8, 4) is 62.1 Å². The molecule has 8 aromatic carbocycles. The lowest BCUT2D eigenvalue weighted by Gasteiger charge is -2.61. The van der Waals surface area contributed by atoms with E-state index in [0.717, 1.165) is 76.3 Å². The molecule has 1 spiro atoms. The van der Waals surface area contributed by atoms with Gasteiger partial charge in [0, 0.05) is 45.2 Å². The van der Waals surface area contributed by atoms with Gasteiger partial charge in [0.25, 0.3) is 0 Å². The highest BCUT2D eigenvalue weighted by molar-refractivity contribution is 5.93. The van der Waals surface area contributed by atoms with Crippen LogP contribution in [0.3, 0.4) is 0 Å². The van der Waals surface area contributed by atoms with Gasteiger partial charge in [-0.05, 0) is 186 Å². The normalized spacial score (nSPS) is 21.9. The molecule has 0 amide bonds. The minimum absolute atomic E-state index is 0.167. The van der Waals surface area contributed by atoms with Gasteiger partial charge in [0.15, 0.2) is 23.0 Å². The fraction of sp³-hybridized carbons (Fsp3) is 0.188. The molecule has 0 N–H and O–H groups in total. The first kappa shape index (κ1) is 38.5. The molecule has 0 unspecified atom stereocenters. The summed E-state index contributed by atoms with van der Waals surface area (Å²) in [5, 5.41) is 1.30. The van der Waals surface area contributed by atoms with E-state index >= 15 is 0 Å². The second kappa shape index (κ2) is 14.7. The molecular formula is C64H50N2O2. The van der Waals surface area contributed by atoms with E-state index in [0.29, 0.717) is 11.5 Å². The molecule has 4 bridgehead atoms. The van der Waals surface area contributed by atoms with E-state index in [1.54, 1.807) is 11.1 Å². The van der Waals surface area contributed by atoms with Gasteiger partial charge in [0.1, 0.15) is 0 Å². The highest BCUT2D eigenvalue weighted by Gasteiger charge is 2.61. The van der Waals surface area contributed by atoms with E-state index < -0.39 is 0 Å². The fourth-order valence-corrected chi connectivity index (χ4v) is 14.3. The molecule has 0 atom stereocenters. The molecule has 0 radical (unpaired) electrons. The summed E-state index contributed by atoms with van der Waals surface area (Å²) >= 11 is 0. The summed E-state index contributed by atoms with van der Waals surface area (Å²) in [6, 6.07) is 66.8. The summed E-state index contributed by atoms with van der Waals surface area (Å²) in [6.07, 6.45) is 13.7. The summed E-state index contributed by atoms with van der Waals surface area (Å²) < 4.78 is 16.0. The molecule has 4 heteroatoms. The predicted octanol–water partition coefficient (Wildman–Crippen LogP) is 17.0. The molecule has 2 heterocycles. The van der Waals surface area contributed by atoms with Crippen LogP contribution in [0.1, 0.15) is 60.9 Å². The van der Waals surface area contributed by atoms with Crippen LogP contribution in [0.5, 0.6) is 23.0 Å². The second-order valence-electron chi connectivity index (χ2n) is 20.4. The molecule has 0 saturated heterocycles. The number of hydrogen-bond acceptors (Lipinski definition) is 3. The topological polar surface area (TPSA) is 26.6 Å². The lowest BCUT2D eigenvalue weighted by Crippen LogP contribution is -2.55. The zero-order valence-electron chi connectivity index (χ0n) is 37.9. The standard InChI is InChI=1S/C64H50N2O2/c1-2-10-42(11-3-1)43-18-22-48(23-19-43)65(49-24-26-50(27-25-49)66-58-16-8-5-13-53(58)54-14-6-9-17-59(54)66)51-28-31-61-63(39-51)68-62-38-45(21-30-60(62)67-61)44-20-29-57-55(37-44)52-12-4-7-15-56(52)64(57)46-33-40-32-41(35-46)36-47(64)34-40/h1-8,10-16,18-31,37-41,46-47H,9,17,32-36H2. The molecular weight excluding hydrogens is 829 g/mol. The molecule has 16 rings (SSSR count). The quantitative estimate of drug-likeness (QED) is 0.166. The average molecular weight is 879 g/mol. The van der Waals surface area contributed by atoms with Crippen LogP contribution in [0, 0.1) is 23.7 Å². The summed E-state index contributed by atoms with van der Waals surface area (Å²) in [5.74, 6) is 6.22. The Bertz CT molecular complexity index is 3500. The van der Waals surface area contributed by atoms with E-state index in [-0.39, 0.29) is 5.41 Å². The minimum atomic E-state index is 0.167. The van der Waals surface area contributed by atoms with Crippen LogP contribution in [-0.2, 0) is 11.8 Å². The summed E-state index contributed by atoms with van der Waals surface area (Å²) in [5.41, 5.74) is 19.1. The third-order valence-electron chi connectivity index (χ3n) is 16.9. The van der Waals surface area contributed by atoms with Crippen molar-refractivity contribution >= 4 is 34.0 Å². The van der Waals surface area contributed by atoms with Crippen LogP contribution in [0.4, 0.5) is 17.1 Å². The molecule has 1 aliphatic heterocycles. The van der Waals surface area contributed by atoms with Crippen molar-refractivity contribution in [2.75, 3.05) is 4.90 Å². The largest absolute Gasteiger partial charge is 0.450 e. The number of para-hydroxylation sites is 1. The number of rotatable bonds is 6. The van der Waals surface area contributed by atoms with Gasteiger partial charge in [-0.15, -0.1) is 0 Å². The van der Waals surface area contributed by atoms with Gasteiger partial charge in [-0.3, -0.25) is 0 Å². The fourth-order valence-electron chi connectivity index (χ4n) is 14.3. The SMILES string of the molecule is C1=Cc2c(n(-c3ccc(N(c4ccc(-c5ccccc5)cc4)c4ccc5c(c4)Oc4cc(-c6ccc7c(c6)-c6ccccc6C76C7CC8CC(C7)CC6C8)ccc4O5)cc3)c3ccccc23)CC1. The number of hydrogen-bond donors (Lipinski definition) is 0. The van der Waals surface area contributed by atoms with Gasteiger partial charge < -0.3 is 18.9 Å². The Labute approximate surface area is 397 Å². The number of allylic oxidation sites excluding steroid dienone is 1. The Kier molecular flexibility index (Phi) is 8.34. The van der Waals surface area contributed by atoms with Crippen LogP contribution in [0.2, 0.25) is 0 Å². The summed E-state index contributed by atoms with van der Waals surface area (Å²) in [6.45, 7) is 0. The zero-order valence-corrected chi connectivity index (χ0v) is 37.9. The number of ether oxygens (including phenoxy) is 2. The molecule has 68 heavy (non-hydrogen) atoms. The molecule has 4 saturated carbocycles. The van der Waals surface area contributed by atoms with Gasteiger partial charge in [0.05, 0.1) is 11.2 Å². The smallest absolute Gasteiger partial charge is 0.172 e. The van der Waals surface area contributed by atoms with Crippen LogP contribution in [0.25, 0.3) is 56.0 Å². The van der Waals surface area contributed by atoms with E-state index in [2.05, 4.69) is 198 Å². The molecule has 328 valence electrons. The summed E-state index contributed by atoms with van der Waals surface area (Å²) in [7, 11) is 0. The Morgan fingerprint density at radius 3 is 1.88 bits per heavy atom. The van der Waals surface area contributed by atoms with Crippen LogP contribution in [0.15, 0.2) is 188 Å². The van der Waals surface area contributed by atoms with Gasteiger partial charge in [0.2, 0.25) is 0 Å². The Morgan fingerprint density at radius 1 is 0.471 bits per heavy atom. The third-order valence-corrected chi connectivity index (χ3v) is 16.9. The zero-order chi connectivity index (χ0) is 44.5. The lowest BCUT2D eigenvalue weighted by molar-refractivity contribution is -0.0399. The number of anilines is 3. The Balaban J connectivity index is 0.784. The molecule has 9 aromatic rings. The second-order valence-corrected chi connectivity index (χ2v) is 20.4. The molecule has 4 nitrogen and oxygen atoms in total. The van der Waals surface area contributed by atoms with Crippen LogP contribution < -0.4 is 14.4 Å². The van der Waals surface area contributed by atoms with Crippen molar-refractivity contribution in [3.05, 3.63) is 210 Å². The molecule has 7 aliphatic rings. The van der Waals surface area contributed by atoms with Crippen molar-refractivity contribution < 1.29 is 9.47 Å². The van der Waals surface area contributed by atoms with Crippen molar-refractivity contribution in [2.24, 2.45) is 23.7 Å². The van der Waals surface area contributed by atoms with Crippen molar-refractivity contribution in [2.45, 2.75) is 50.4 Å². The molecule has 1 aromatic heterocycles. The van der Waals surface area contributed by atoms with E-state index in [4.69, 9.17) is 9.47 Å². The first-order valence-electron chi connectivity index (χ1n) is 24.9. The van der Waals surface area contributed by atoms with Gasteiger partial charge >= 0.3 is 0 Å². The predicted molar refractivity (Wildman–Crippen MR) is 276 cm³/mol. The lowest BCUT2D eigenvalue weighted by atomic mass is 9.43. The highest BCUT2D eigenvalue weighted by atomic mass is 16.6. The minimum Gasteiger partial charge on any atom is -0.450 e. The molecule has 4 fully saturated rings. The van der Waals surface area contributed by atoms with Crippen molar-refractivity contribution in [1.82, 2.24) is 4.57 Å². The first-order valence-corrected chi connectivity index (χ1v) is 24.9. The maximum Gasteiger partial charge on any atom is 0.172 e.